The second kappa shape index (κ2) is 12.4. The zero-order valence-corrected chi connectivity index (χ0v) is 28.1. The van der Waals surface area contributed by atoms with E-state index in [1.807, 2.05) is 54.6 Å². The first-order valence-electron chi connectivity index (χ1n) is 17.5. The molecule has 0 spiro atoms. The number of fused-ring (bicyclic) bond motifs is 6. The standard InChI is InChI=1S/C46H32N5O/c47-28-29-10-8-13-33(26-29)46-49-44(30-11-2-1-3-12-30)48-45(50-46)31-20-23-34(24-21-31)51-40-18-6-4-14-36(40)37-25-22-32(27-41(37)51)35-16-9-17-39-38-15-5-7-19-42(38)52-43(35)39/h1-27,44-46,48,50H/q-1. The zero-order valence-electron chi connectivity index (χ0n) is 28.1. The third kappa shape index (κ3) is 5.07. The lowest BCUT2D eigenvalue weighted by Crippen LogP contribution is -2.44. The molecule has 2 aromatic heterocycles. The van der Waals surface area contributed by atoms with Gasteiger partial charge in [0.2, 0.25) is 0 Å². The van der Waals surface area contributed by atoms with E-state index in [0.29, 0.717) is 5.56 Å². The van der Waals surface area contributed by atoms with Crippen LogP contribution in [0.2, 0.25) is 0 Å². The summed E-state index contributed by atoms with van der Waals surface area (Å²) in [5.74, 6) is 0. The van der Waals surface area contributed by atoms with Crippen molar-refractivity contribution >= 4 is 43.7 Å². The number of nitrogens with one attached hydrogen (secondary N) is 2. The van der Waals surface area contributed by atoms with Crippen LogP contribution in [0.1, 0.15) is 40.8 Å². The van der Waals surface area contributed by atoms with E-state index in [1.165, 1.54) is 10.8 Å². The second-order valence-corrected chi connectivity index (χ2v) is 13.3. The summed E-state index contributed by atoms with van der Waals surface area (Å²) in [4.78, 5) is 0. The van der Waals surface area contributed by atoms with E-state index >= 15 is 0 Å². The fraction of sp³-hybridized carbons (Fsp3) is 0.0652. The Morgan fingerprint density at radius 2 is 1.25 bits per heavy atom. The molecule has 7 aromatic carbocycles. The molecule has 1 saturated heterocycles. The summed E-state index contributed by atoms with van der Waals surface area (Å²) >= 11 is 0. The molecule has 2 N–H and O–H groups in total. The molecule has 248 valence electrons. The van der Waals surface area contributed by atoms with Gasteiger partial charge in [0, 0.05) is 32.8 Å². The summed E-state index contributed by atoms with van der Waals surface area (Å²) in [7, 11) is 0. The molecule has 9 aromatic rings. The number of benzene rings is 7. The molecule has 52 heavy (non-hydrogen) atoms. The molecule has 1 aliphatic rings. The fourth-order valence-electron chi connectivity index (χ4n) is 7.78. The second-order valence-electron chi connectivity index (χ2n) is 13.3. The summed E-state index contributed by atoms with van der Waals surface area (Å²) < 4.78 is 8.80. The van der Waals surface area contributed by atoms with Crippen LogP contribution in [0.3, 0.4) is 0 Å². The minimum Gasteiger partial charge on any atom is -0.624 e. The van der Waals surface area contributed by atoms with Crippen molar-refractivity contribution in [3.05, 3.63) is 191 Å². The summed E-state index contributed by atoms with van der Waals surface area (Å²) in [6.45, 7) is 0. The van der Waals surface area contributed by atoms with Crippen molar-refractivity contribution in [2.45, 2.75) is 18.5 Å². The highest BCUT2D eigenvalue weighted by atomic mass is 16.3. The molecule has 6 heteroatoms. The summed E-state index contributed by atoms with van der Waals surface area (Å²) in [5.41, 5.74) is 11.1. The highest BCUT2D eigenvalue weighted by molar-refractivity contribution is 6.12. The van der Waals surface area contributed by atoms with Gasteiger partial charge in [-0.1, -0.05) is 145 Å². The Morgan fingerprint density at radius 1 is 0.558 bits per heavy atom. The number of aromatic nitrogens is 1. The number of rotatable bonds is 5. The molecule has 3 unspecified atom stereocenters. The molecule has 0 amide bonds. The first kappa shape index (κ1) is 30.3. The Morgan fingerprint density at radius 3 is 2.10 bits per heavy atom. The Balaban J connectivity index is 1.05. The number of nitriles is 1. The van der Waals surface area contributed by atoms with Crippen molar-refractivity contribution in [3.63, 3.8) is 0 Å². The first-order chi connectivity index (χ1) is 25.7. The highest BCUT2D eigenvalue weighted by Crippen LogP contribution is 2.40. The third-order valence-electron chi connectivity index (χ3n) is 10.3. The van der Waals surface area contributed by atoms with Gasteiger partial charge < -0.3 is 24.9 Å². The monoisotopic (exact) mass is 670 g/mol. The van der Waals surface area contributed by atoms with Gasteiger partial charge in [-0.05, 0) is 53.6 Å². The third-order valence-corrected chi connectivity index (χ3v) is 10.3. The van der Waals surface area contributed by atoms with Gasteiger partial charge >= 0.3 is 0 Å². The molecular weight excluding hydrogens is 639 g/mol. The summed E-state index contributed by atoms with van der Waals surface area (Å²) in [5, 5.41) is 26.8. The maximum Gasteiger partial charge on any atom is 0.143 e. The van der Waals surface area contributed by atoms with Crippen LogP contribution in [0, 0.1) is 11.3 Å². The molecule has 0 saturated carbocycles. The van der Waals surface area contributed by atoms with E-state index in [1.54, 1.807) is 0 Å². The maximum absolute atomic E-state index is 9.58. The lowest BCUT2D eigenvalue weighted by molar-refractivity contribution is 0.316. The van der Waals surface area contributed by atoms with Crippen molar-refractivity contribution < 1.29 is 4.42 Å². The lowest BCUT2D eigenvalue weighted by atomic mass is 10.0. The summed E-state index contributed by atoms with van der Waals surface area (Å²) in [6, 6.07) is 59.0. The van der Waals surface area contributed by atoms with E-state index in [9.17, 15) is 5.26 Å². The van der Waals surface area contributed by atoms with Crippen LogP contribution in [0.25, 0.3) is 65.9 Å². The lowest BCUT2D eigenvalue weighted by Gasteiger charge is -2.50. The van der Waals surface area contributed by atoms with Crippen LogP contribution in [0.4, 0.5) is 0 Å². The minimum absolute atomic E-state index is 0.179. The molecule has 0 aliphatic carbocycles. The molecule has 3 atom stereocenters. The summed E-state index contributed by atoms with van der Waals surface area (Å²) in [6.07, 6.45) is -0.701. The Bertz CT molecular complexity index is 2810. The number of nitrogens with zero attached hydrogens (tertiary/aromatic N) is 3. The van der Waals surface area contributed by atoms with Crippen LogP contribution >= 0.6 is 0 Å². The van der Waals surface area contributed by atoms with Crippen LogP contribution in [-0.2, 0) is 0 Å². The number of furan rings is 1. The molecule has 3 heterocycles. The Labute approximate surface area is 300 Å². The predicted molar refractivity (Wildman–Crippen MR) is 209 cm³/mol. The van der Waals surface area contributed by atoms with E-state index in [-0.39, 0.29) is 18.5 Å². The van der Waals surface area contributed by atoms with Crippen molar-refractivity contribution in [3.8, 4) is 22.9 Å². The van der Waals surface area contributed by atoms with Crippen molar-refractivity contribution in [2.75, 3.05) is 0 Å². The molecule has 1 fully saturated rings. The Kier molecular flexibility index (Phi) is 7.22. The molecule has 0 radical (unpaired) electrons. The Hall–Kier alpha value is -6.49. The molecule has 10 rings (SSSR count). The average molecular weight is 671 g/mol. The van der Waals surface area contributed by atoms with Crippen molar-refractivity contribution in [2.24, 2.45) is 0 Å². The van der Waals surface area contributed by atoms with E-state index in [4.69, 9.17) is 9.73 Å². The van der Waals surface area contributed by atoms with E-state index in [2.05, 4.69) is 130 Å². The first-order valence-corrected chi connectivity index (χ1v) is 17.5. The van der Waals surface area contributed by atoms with Gasteiger partial charge in [0.25, 0.3) is 0 Å². The SMILES string of the molecule is N#Cc1cccc(C2[N-]C(c3ccccc3)NC(c3ccc(-n4c5ccccc5c5ccc(-c6cccc7c6oc6ccccc67)cc54)cc3)N2)c1. The topological polar surface area (TPSA) is 80.0 Å². The average Bonchev–Trinajstić information content (AvgIpc) is 3.77. The fourth-order valence-corrected chi connectivity index (χ4v) is 7.78. The van der Waals surface area contributed by atoms with Crippen molar-refractivity contribution in [1.29, 1.82) is 5.26 Å². The number of hydrogen-bond acceptors (Lipinski definition) is 4. The van der Waals surface area contributed by atoms with Crippen LogP contribution < -0.4 is 10.6 Å². The normalized spacial score (nSPS) is 17.6. The minimum atomic E-state index is -0.295. The molecule has 0 bridgehead atoms. The number of para-hydroxylation sites is 3. The molecule has 1 aliphatic heterocycles. The van der Waals surface area contributed by atoms with Gasteiger partial charge in [0.05, 0.1) is 28.8 Å². The van der Waals surface area contributed by atoms with Gasteiger partial charge in [-0.25, -0.2) is 0 Å². The van der Waals surface area contributed by atoms with Gasteiger partial charge in [-0.15, -0.1) is 0 Å². The van der Waals surface area contributed by atoms with Crippen LogP contribution in [0.5, 0.6) is 0 Å². The van der Waals surface area contributed by atoms with E-state index in [0.717, 1.165) is 66.5 Å². The largest absolute Gasteiger partial charge is 0.624 e. The predicted octanol–water partition coefficient (Wildman–Crippen LogP) is 11.2. The maximum atomic E-state index is 9.58. The van der Waals surface area contributed by atoms with Crippen LogP contribution in [-0.4, -0.2) is 4.57 Å². The quantitative estimate of drug-likeness (QED) is 0.191. The smallest absolute Gasteiger partial charge is 0.143 e. The number of hydrogen-bond donors (Lipinski definition) is 2. The van der Waals surface area contributed by atoms with Gasteiger partial charge in [0.1, 0.15) is 11.2 Å². The highest BCUT2D eigenvalue weighted by Gasteiger charge is 2.23. The van der Waals surface area contributed by atoms with Gasteiger partial charge in [-0.2, -0.15) is 5.26 Å². The van der Waals surface area contributed by atoms with E-state index < -0.39 is 0 Å². The zero-order chi connectivity index (χ0) is 34.6. The molecule has 6 nitrogen and oxygen atoms in total. The molecular formula is C46H32N5O-. The van der Waals surface area contributed by atoms with Crippen molar-refractivity contribution in [1.82, 2.24) is 15.2 Å². The van der Waals surface area contributed by atoms with Gasteiger partial charge in [0.15, 0.2) is 0 Å². The van der Waals surface area contributed by atoms with Crippen LogP contribution in [0.15, 0.2) is 168 Å². The van der Waals surface area contributed by atoms with Gasteiger partial charge in [-0.3, -0.25) is 0 Å².